The molecule has 0 N–H and O–H groups in total. The van der Waals surface area contributed by atoms with E-state index in [1.807, 2.05) is 35.2 Å². The Labute approximate surface area is 172 Å². The highest BCUT2D eigenvalue weighted by atomic mass is 19.1. The molecule has 0 unspecified atom stereocenters. The van der Waals surface area contributed by atoms with E-state index in [0.717, 1.165) is 36.3 Å². The summed E-state index contributed by atoms with van der Waals surface area (Å²) < 4.78 is 15.8. The standard InChI is InChI=1S/C24H30FN3O/c1-4-13-28-22-11-10-20(25)16-21(22)26-23(28)17-27(14-12-18(2)3)24(29)15-19-8-6-5-7-9-19/h5-11,16,18H,4,12-15,17H2,1-3H3. The van der Waals surface area contributed by atoms with Gasteiger partial charge in [0.25, 0.3) is 0 Å². The Hall–Kier alpha value is -2.69. The molecule has 4 nitrogen and oxygen atoms in total. The van der Waals surface area contributed by atoms with E-state index in [1.54, 1.807) is 6.07 Å². The van der Waals surface area contributed by atoms with Crippen LogP contribution in [0.3, 0.4) is 0 Å². The molecule has 3 aromatic rings. The molecule has 2 aromatic carbocycles. The smallest absolute Gasteiger partial charge is 0.227 e. The Bertz CT molecular complexity index is 949. The van der Waals surface area contributed by atoms with Gasteiger partial charge < -0.3 is 9.47 Å². The van der Waals surface area contributed by atoms with Crippen molar-refractivity contribution < 1.29 is 9.18 Å². The maximum Gasteiger partial charge on any atom is 0.227 e. The van der Waals surface area contributed by atoms with Crippen LogP contribution in [0.1, 0.15) is 45.0 Å². The van der Waals surface area contributed by atoms with Crippen molar-refractivity contribution in [3.8, 4) is 0 Å². The average Bonchev–Trinajstić information content (AvgIpc) is 3.02. The molecule has 0 saturated heterocycles. The third kappa shape index (κ3) is 5.43. The molecule has 0 aliphatic rings. The van der Waals surface area contributed by atoms with Gasteiger partial charge in [-0.1, -0.05) is 51.1 Å². The number of hydrogen-bond acceptors (Lipinski definition) is 2. The van der Waals surface area contributed by atoms with E-state index in [-0.39, 0.29) is 11.7 Å². The first-order valence-electron chi connectivity index (χ1n) is 10.4. The highest BCUT2D eigenvalue weighted by Crippen LogP contribution is 2.20. The van der Waals surface area contributed by atoms with Crippen LogP contribution in [0.2, 0.25) is 0 Å². The topological polar surface area (TPSA) is 38.1 Å². The van der Waals surface area contributed by atoms with Crippen molar-refractivity contribution in [1.82, 2.24) is 14.5 Å². The number of rotatable bonds is 9. The fourth-order valence-electron chi connectivity index (χ4n) is 3.51. The summed E-state index contributed by atoms with van der Waals surface area (Å²) >= 11 is 0. The van der Waals surface area contributed by atoms with Crippen LogP contribution in [-0.2, 0) is 24.3 Å². The predicted molar refractivity (Wildman–Crippen MR) is 115 cm³/mol. The molecule has 0 atom stereocenters. The van der Waals surface area contributed by atoms with E-state index < -0.39 is 0 Å². The molecular formula is C24H30FN3O. The van der Waals surface area contributed by atoms with Gasteiger partial charge >= 0.3 is 0 Å². The van der Waals surface area contributed by atoms with Crippen molar-refractivity contribution in [3.63, 3.8) is 0 Å². The Balaban J connectivity index is 1.88. The zero-order valence-electron chi connectivity index (χ0n) is 17.6. The van der Waals surface area contributed by atoms with E-state index in [1.165, 1.54) is 12.1 Å². The molecule has 0 spiro atoms. The van der Waals surface area contributed by atoms with Gasteiger partial charge in [0.1, 0.15) is 11.6 Å². The van der Waals surface area contributed by atoms with Crippen molar-refractivity contribution in [3.05, 3.63) is 65.7 Å². The molecule has 29 heavy (non-hydrogen) atoms. The van der Waals surface area contributed by atoms with Crippen molar-refractivity contribution >= 4 is 16.9 Å². The molecule has 3 rings (SSSR count). The predicted octanol–water partition coefficient (Wildman–Crippen LogP) is 5.20. The molecule has 5 heteroatoms. The van der Waals surface area contributed by atoms with Crippen LogP contribution < -0.4 is 0 Å². The van der Waals surface area contributed by atoms with Crippen LogP contribution in [0.15, 0.2) is 48.5 Å². The summed E-state index contributed by atoms with van der Waals surface area (Å²) in [6, 6.07) is 14.5. The summed E-state index contributed by atoms with van der Waals surface area (Å²) in [6.07, 6.45) is 2.25. The second-order valence-electron chi connectivity index (χ2n) is 7.97. The van der Waals surface area contributed by atoms with Crippen LogP contribution in [0.4, 0.5) is 4.39 Å². The van der Waals surface area contributed by atoms with Gasteiger partial charge in [-0.05, 0) is 36.5 Å². The lowest BCUT2D eigenvalue weighted by molar-refractivity contribution is -0.131. The highest BCUT2D eigenvalue weighted by molar-refractivity contribution is 5.79. The molecule has 0 bridgehead atoms. The quantitative estimate of drug-likeness (QED) is 0.499. The maximum atomic E-state index is 13.7. The Kier molecular flexibility index (Phi) is 7.02. The number of imidazole rings is 1. The first kappa shape index (κ1) is 21.0. The van der Waals surface area contributed by atoms with E-state index >= 15 is 0 Å². The minimum absolute atomic E-state index is 0.0955. The van der Waals surface area contributed by atoms with Gasteiger partial charge in [-0.25, -0.2) is 9.37 Å². The number of nitrogens with zero attached hydrogens (tertiary/aromatic N) is 3. The summed E-state index contributed by atoms with van der Waals surface area (Å²) in [5.74, 6) is 1.13. The number of amides is 1. The summed E-state index contributed by atoms with van der Waals surface area (Å²) in [5.41, 5.74) is 2.58. The van der Waals surface area contributed by atoms with Gasteiger partial charge in [0, 0.05) is 19.2 Å². The molecule has 1 amide bonds. The molecule has 1 aromatic heterocycles. The summed E-state index contributed by atoms with van der Waals surface area (Å²) in [4.78, 5) is 19.7. The van der Waals surface area contributed by atoms with Gasteiger partial charge in [0.2, 0.25) is 5.91 Å². The fourth-order valence-corrected chi connectivity index (χ4v) is 3.51. The van der Waals surface area contributed by atoms with Crippen LogP contribution in [0.25, 0.3) is 11.0 Å². The van der Waals surface area contributed by atoms with Crippen molar-refractivity contribution in [2.24, 2.45) is 5.92 Å². The molecule has 0 aliphatic carbocycles. The van der Waals surface area contributed by atoms with Crippen LogP contribution in [0.5, 0.6) is 0 Å². The molecular weight excluding hydrogens is 365 g/mol. The number of benzene rings is 2. The SMILES string of the molecule is CCCn1c(CN(CCC(C)C)C(=O)Cc2ccccc2)nc2cc(F)ccc21. The number of halogens is 1. The van der Waals surface area contributed by atoms with Gasteiger partial charge in [-0.3, -0.25) is 4.79 Å². The third-order valence-corrected chi connectivity index (χ3v) is 5.10. The Morgan fingerprint density at radius 3 is 2.62 bits per heavy atom. The number of fused-ring (bicyclic) bond motifs is 1. The number of carbonyl (C=O) groups is 1. The number of carbonyl (C=O) groups excluding carboxylic acids is 1. The molecule has 1 heterocycles. The lowest BCUT2D eigenvalue weighted by Gasteiger charge is -2.24. The van der Waals surface area contributed by atoms with Crippen molar-refractivity contribution in [2.45, 2.75) is 53.1 Å². The zero-order valence-corrected chi connectivity index (χ0v) is 17.6. The monoisotopic (exact) mass is 395 g/mol. The first-order chi connectivity index (χ1) is 14.0. The van der Waals surface area contributed by atoms with E-state index in [0.29, 0.717) is 30.9 Å². The zero-order chi connectivity index (χ0) is 20.8. The molecule has 154 valence electrons. The molecule has 0 saturated carbocycles. The number of hydrogen-bond donors (Lipinski definition) is 0. The van der Waals surface area contributed by atoms with E-state index in [9.17, 15) is 9.18 Å². The summed E-state index contributed by atoms with van der Waals surface area (Å²) in [6.45, 7) is 8.35. The van der Waals surface area contributed by atoms with Crippen LogP contribution >= 0.6 is 0 Å². The first-order valence-corrected chi connectivity index (χ1v) is 10.4. The highest BCUT2D eigenvalue weighted by Gasteiger charge is 2.19. The maximum absolute atomic E-state index is 13.7. The largest absolute Gasteiger partial charge is 0.335 e. The number of aryl methyl sites for hydroxylation is 1. The Morgan fingerprint density at radius 2 is 1.93 bits per heavy atom. The number of aromatic nitrogens is 2. The van der Waals surface area contributed by atoms with Crippen molar-refractivity contribution in [1.29, 1.82) is 0 Å². The Morgan fingerprint density at radius 1 is 1.17 bits per heavy atom. The normalized spacial score (nSPS) is 11.3. The molecule has 0 radical (unpaired) electrons. The average molecular weight is 396 g/mol. The molecule has 0 fully saturated rings. The lowest BCUT2D eigenvalue weighted by atomic mass is 10.1. The molecule has 0 aliphatic heterocycles. The van der Waals surface area contributed by atoms with Gasteiger partial charge in [0.05, 0.1) is 24.0 Å². The fraction of sp³-hybridized carbons (Fsp3) is 0.417. The van der Waals surface area contributed by atoms with Gasteiger partial charge in [-0.15, -0.1) is 0 Å². The van der Waals surface area contributed by atoms with E-state index in [4.69, 9.17) is 0 Å². The summed E-state index contributed by atoms with van der Waals surface area (Å²) in [5, 5.41) is 0. The lowest BCUT2D eigenvalue weighted by Crippen LogP contribution is -2.34. The minimum atomic E-state index is -0.290. The summed E-state index contributed by atoms with van der Waals surface area (Å²) in [7, 11) is 0. The third-order valence-electron chi connectivity index (χ3n) is 5.10. The van der Waals surface area contributed by atoms with Gasteiger partial charge in [0.15, 0.2) is 0 Å². The second-order valence-corrected chi connectivity index (χ2v) is 7.97. The van der Waals surface area contributed by atoms with Crippen LogP contribution in [0, 0.1) is 11.7 Å². The van der Waals surface area contributed by atoms with E-state index in [2.05, 4.69) is 30.3 Å². The van der Waals surface area contributed by atoms with Crippen molar-refractivity contribution in [2.75, 3.05) is 6.54 Å². The minimum Gasteiger partial charge on any atom is -0.335 e. The van der Waals surface area contributed by atoms with Crippen LogP contribution in [-0.4, -0.2) is 26.9 Å². The second kappa shape index (κ2) is 9.68. The van der Waals surface area contributed by atoms with Gasteiger partial charge in [-0.2, -0.15) is 0 Å².